The molecule has 10 rings (SSSR count). The fourth-order valence-electron chi connectivity index (χ4n) is 8.48. The Morgan fingerprint density at radius 2 is 1.19 bits per heavy atom. The largest absolute Gasteiger partial charge is 0.457 e. The summed E-state index contributed by atoms with van der Waals surface area (Å²) in [6.45, 7) is 12.5. The number of hydrogen-bond acceptors (Lipinski definition) is 4. The zero-order valence-electron chi connectivity index (χ0n) is 40.0. The van der Waals surface area contributed by atoms with E-state index < -0.39 is 17.0 Å². The lowest BCUT2D eigenvalue weighted by Gasteiger charge is -2.25. The Morgan fingerprint density at radius 3 is 1.92 bits per heavy atom. The SMILES string of the molecule is [2H]c1c([2H])c(C(C)(C)C)c([2H])c([2H])c1-c1cc(Oc2ccc3c4ccccc4n(-c4cc(C(C)(C)C)ccn4)c3c2)cc(N2CN(c3ccccc3-c3cc(F)cc(F)c3)c3ccccc32)c1. The molecule has 0 saturated heterocycles. The van der Waals surface area contributed by atoms with Crippen LogP contribution in [-0.4, -0.2) is 16.2 Å². The van der Waals surface area contributed by atoms with E-state index in [0.29, 0.717) is 39.4 Å². The normalized spacial score (nSPS) is 13.8. The standard InChI is InChI=1S/C56H48F2N4O/c1-55(2,3)39-21-19-36(20-22-39)37-29-43(60-35-61(52-18-12-11-17-51(52)60)49-15-9-7-13-46(49)38-27-41(57)32-42(58)28-38)33-45(30-37)63-44-23-24-48-47-14-8-10-16-50(47)62(53(48)34-44)54-31-40(25-26-59-54)56(4,5)6/h7-34H,35H2,1-6H3/i19D,20D,21D,22D. The number of fused-ring (bicyclic) bond motifs is 4. The Balaban J connectivity index is 1.14. The molecule has 0 N–H and O–H groups in total. The summed E-state index contributed by atoms with van der Waals surface area (Å²) in [7, 11) is 0. The Kier molecular flexibility index (Phi) is 8.57. The molecule has 0 atom stereocenters. The van der Waals surface area contributed by atoms with Gasteiger partial charge in [0.15, 0.2) is 0 Å². The van der Waals surface area contributed by atoms with E-state index in [1.807, 2.05) is 124 Å². The molecular weight excluding hydrogens is 783 g/mol. The van der Waals surface area contributed by atoms with Gasteiger partial charge in [-0.3, -0.25) is 4.57 Å². The molecule has 0 bridgehead atoms. The van der Waals surface area contributed by atoms with E-state index in [1.54, 1.807) is 6.07 Å². The van der Waals surface area contributed by atoms with Gasteiger partial charge in [-0.15, -0.1) is 0 Å². The van der Waals surface area contributed by atoms with Crippen molar-refractivity contribution in [2.45, 2.75) is 52.4 Å². The monoisotopic (exact) mass is 834 g/mol. The first-order valence-electron chi connectivity index (χ1n) is 23.1. The Labute approximate surface area is 373 Å². The second-order valence-electron chi connectivity index (χ2n) is 18.2. The fourth-order valence-corrected chi connectivity index (χ4v) is 8.48. The molecule has 0 radical (unpaired) electrons. The Morgan fingerprint density at radius 1 is 0.540 bits per heavy atom. The lowest BCUT2D eigenvalue weighted by atomic mass is 9.86. The number of rotatable bonds is 7. The number of para-hydroxylation sites is 4. The van der Waals surface area contributed by atoms with Crippen LogP contribution in [0.2, 0.25) is 0 Å². The van der Waals surface area contributed by atoms with E-state index in [1.165, 1.54) is 12.1 Å². The van der Waals surface area contributed by atoms with Crippen molar-refractivity contribution in [1.82, 2.24) is 9.55 Å². The lowest BCUT2D eigenvalue weighted by Crippen LogP contribution is -2.24. The average molecular weight is 835 g/mol. The number of benzene rings is 7. The maximum Gasteiger partial charge on any atom is 0.137 e. The smallest absolute Gasteiger partial charge is 0.137 e. The van der Waals surface area contributed by atoms with Crippen molar-refractivity contribution in [2.75, 3.05) is 16.5 Å². The van der Waals surface area contributed by atoms with Gasteiger partial charge in [0.1, 0.15) is 35.6 Å². The van der Waals surface area contributed by atoms with Gasteiger partial charge in [0, 0.05) is 46.4 Å². The third-order valence-corrected chi connectivity index (χ3v) is 11.7. The summed E-state index contributed by atoms with van der Waals surface area (Å²) in [6.07, 6.45) is 1.85. The van der Waals surface area contributed by atoms with Gasteiger partial charge < -0.3 is 14.5 Å². The highest BCUT2D eigenvalue weighted by Crippen LogP contribution is 2.48. The minimum Gasteiger partial charge on any atom is -0.457 e. The van der Waals surface area contributed by atoms with Crippen molar-refractivity contribution in [3.63, 3.8) is 0 Å². The van der Waals surface area contributed by atoms with Crippen LogP contribution in [0.3, 0.4) is 0 Å². The summed E-state index contributed by atoms with van der Waals surface area (Å²) in [6, 6.07) is 42.4. The molecule has 1 aliphatic rings. The second-order valence-corrected chi connectivity index (χ2v) is 18.2. The van der Waals surface area contributed by atoms with Gasteiger partial charge in [-0.1, -0.05) is 114 Å². The first kappa shape index (κ1) is 35.4. The minimum absolute atomic E-state index is 0.0955. The van der Waals surface area contributed by atoms with Gasteiger partial charge in [-0.25, -0.2) is 13.8 Å². The van der Waals surface area contributed by atoms with E-state index in [9.17, 15) is 11.5 Å². The first-order valence-corrected chi connectivity index (χ1v) is 21.1. The molecule has 312 valence electrons. The number of nitrogens with zero attached hydrogens (tertiary/aromatic N) is 4. The summed E-state index contributed by atoms with van der Waals surface area (Å²) in [5.74, 6) is 0.381. The van der Waals surface area contributed by atoms with Crippen LogP contribution in [0.25, 0.3) is 49.9 Å². The molecule has 0 unspecified atom stereocenters. The van der Waals surface area contributed by atoms with Crippen LogP contribution in [0.5, 0.6) is 11.5 Å². The molecule has 0 aliphatic carbocycles. The fraction of sp³-hybridized carbons (Fsp3) is 0.161. The van der Waals surface area contributed by atoms with E-state index >= 15 is 0 Å². The highest BCUT2D eigenvalue weighted by Gasteiger charge is 2.30. The van der Waals surface area contributed by atoms with E-state index in [0.717, 1.165) is 56.3 Å². The topological polar surface area (TPSA) is 33.5 Å². The van der Waals surface area contributed by atoms with Crippen molar-refractivity contribution in [2.24, 2.45) is 0 Å². The highest BCUT2D eigenvalue weighted by atomic mass is 19.1. The molecule has 1 aliphatic heterocycles. The van der Waals surface area contributed by atoms with Crippen LogP contribution >= 0.6 is 0 Å². The van der Waals surface area contributed by atoms with Crippen LogP contribution in [0.1, 0.15) is 58.2 Å². The summed E-state index contributed by atoms with van der Waals surface area (Å²) in [4.78, 5) is 9.03. The number of ether oxygens (including phenoxy) is 1. The molecule has 0 spiro atoms. The van der Waals surface area contributed by atoms with Crippen LogP contribution in [0.4, 0.5) is 31.5 Å². The van der Waals surface area contributed by atoms with E-state index in [-0.39, 0.29) is 41.8 Å². The predicted molar refractivity (Wildman–Crippen MR) is 255 cm³/mol. The summed E-state index contributed by atoms with van der Waals surface area (Å²) in [5.41, 5.74) is 7.36. The number of aromatic nitrogens is 2. The summed E-state index contributed by atoms with van der Waals surface area (Å²) >= 11 is 0. The second kappa shape index (κ2) is 15.3. The van der Waals surface area contributed by atoms with Gasteiger partial charge in [-0.2, -0.15) is 0 Å². The zero-order valence-corrected chi connectivity index (χ0v) is 36.0. The molecule has 7 aromatic carbocycles. The number of pyridine rings is 1. The van der Waals surface area contributed by atoms with Crippen molar-refractivity contribution in [1.29, 1.82) is 0 Å². The minimum atomic E-state index is -0.672. The van der Waals surface area contributed by atoms with Gasteiger partial charge >= 0.3 is 0 Å². The molecule has 63 heavy (non-hydrogen) atoms. The van der Waals surface area contributed by atoms with Gasteiger partial charge in [0.25, 0.3) is 0 Å². The van der Waals surface area contributed by atoms with Crippen LogP contribution < -0.4 is 14.5 Å². The third-order valence-electron chi connectivity index (χ3n) is 11.7. The zero-order chi connectivity index (χ0) is 47.1. The van der Waals surface area contributed by atoms with Gasteiger partial charge in [0.05, 0.1) is 33.6 Å². The van der Waals surface area contributed by atoms with Gasteiger partial charge in [0.2, 0.25) is 0 Å². The molecule has 3 heterocycles. The van der Waals surface area contributed by atoms with Crippen molar-refractivity contribution in [3.8, 4) is 39.6 Å². The summed E-state index contributed by atoms with van der Waals surface area (Å²) < 4.78 is 75.3. The lowest BCUT2D eigenvalue weighted by molar-refractivity contribution is 0.483. The maximum atomic E-state index is 14.7. The average Bonchev–Trinajstić information content (AvgIpc) is 3.83. The van der Waals surface area contributed by atoms with Crippen molar-refractivity contribution < 1.29 is 19.0 Å². The van der Waals surface area contributed by atoms with Crippen LogP contribution in [0, 0.1) is 11.6 Å². The number of anilines is 4. The predicted octanol–water partition coefficient (Wildman–Crippen LogP) is 15.4. The Hall–Kier alpha value is -7.25. The van der Waals surface area contributed by atoms with Crippen molar-refractivity contribution in [3.05, 3.63) is 193 Å². The Bertz CT molecular complexity index is 3400. The third kappa shape index (κ3) is 7.48. The number of hydrogen-bond donors (Lipinski definition) is 0. The van der Waals surface area contributed by atoms with Crippen LogP contribution in [0.15, 0.2) is 170 Å². The molecule has 0 amide bonds. The van der Waals surface area contributed by atoms with E-state index in [4.69, 9.17) is 12.5 Å². The molecule has 0 saturated carbocycles. The van der Waals surface area contributed by atoms with Crippen LogP contribution in [-0.2, 0) is 10.8 Å². The van der Waals surface area contributed by atoms with E-state index in [2.05, 4.69) is 53.3 Å². The summed E-state index contributed by atoms with van der Waals surface area (Å²) in [5, 5.41) is 2.10. The molecular formula is C56H48F2N4O. The molecule has 0 fully saturated rings. The molecule has 9 aromatic rings. The molecule has 7 heteroatoms. The quantitative estimate of drug-likeness (QED) is 0.160. The highest BCUT2D eigenvalue weighted by molar-refractivity contribution is 6.09. The number of halogens is 2. The van der Waals surface area contributed by atoms with Crippen molar-refractivity contribution >= 4 is 44.6 Å². The van der Waals surface area contributed by atoms with Gasteiger partial charge in [-0.05, 0) is 111 Å². The molecule has 5 nitrogen and oxygen atoms in total. The first-order chi connectivity index (χ1) is 32.0. The molecule has 2 aromatic heterocycles. The maximum absolute atomic E-state index is 14.7.